The van der Waals surface area contributed by atoms with Crippen molar-refractivity contribution >= 4 is 35.0 Å². The van der Waals surface area contributed by atoms with Gasteiger partial charge in [0.05, 0.1) is 24.4 Å². The molecule has 40 heavy (non-hydrogen) atoms. The first-order valence-electron chi connectivity index (χ1n) is 14.8. The van der Waals surface area contributed by atoms with Crippen LogP contribution in [0.5, 0.6) is 5.75 Å². The number of likely N-dealkylation sites (N-methyl/N-ethyl adjacent to an activating group) is 1. The normalized spacial score (nSPS) is 22.4. The summed E-state index contributed by atoms with van der Waals surface area (Å²) in [6, 6.07) is 6.17. The highest BCUT2D eigenvalue weighted by atomic mass is 16.5. The van der Waals surface area contributed by atoms with Gasteiger partial charge in [0.1, 0.15) is 11.4 Å². The molecule has 0 bridgehead atoms. The second-order valence-electron chi connectivity index (χ2n) is 11.8. The van der Waals surface area contributed by atoms with Crippen LogP contribution in [0.3, 0.4) is 0 Å². The monoisotopic (exact) mass is 547 g/mol. The van der Waals surface area contributed by atoms with Crippen molar-refractivity contribution in [3.05, 3.63) is 30.0 Å². The van der Waals surface area contributed by atoms with E-state index in [2.05, 4.69) is 32.3 Å². The second-order valence-corrected chi connectivity index (χ2v) is 11.8. The molecule has 0 radical (unpaired) electrons. The van der Waals surface area contributed by atoms with Crippen molar-refractivity contribution < 1.29 is 14.3 Å². The first-order chi connectivity index (χ1) is 19.4. The number of hydrogen-bond acceptors (Lipinski definition) is 8. The molecule has 10 nitrogen and oxygen atoms in total. The molecule has 2 aliphatic heterocycles. The molecule has 1 aromatic carbocycles. The summed E-state index contributed by atoms with van der Waals surface area (Å²) in [5.74, 6) is 1.85. The van der Waals surface area contributed by atoms with Crippen LogP contribution in [0.15, 0.2) is 24.4 Å². The van der Waals surface area contributed by atoms with E-state index >= 15 is 0 Å². The topological polar surface area (TPSA) is 103 Å². The first-order valence-corrected chi connectivity index (χ1v) is 14.8. The summed E-state index contributed by atoms with van der Waals surface area (Å²) in [5.41, 5.74) is 1.69. The van der Waals surface area contributed by atoms with Crippen molar-refractivity contribution in [1.29, 1.82) is 0 Å². The zero-order valence-electron chi connectivity index (χ0n) is 23.9. The molecule has 4 aliphatic rings. The van der Waals surface area contributed by atoms with E-state index in [4.69, 9.17) is 9.72 Å². The van der Waals surface area contributed by atoms with Gasteiger partial charge in [-0.1, -0.05) is 19.8 Å². The Morgan fingerprint density at radius 2 is 1.98 bits per heavy atom. The van der Waals surface area contributed by atoms with Crippen molar-refractivity contribution in [2.24, 2.45) is 5.41 Å². The van der Waals surface area contributed by atoms with Gasteiger partial charge in [0.15, 0.2) is 5.82 Å². The summed E-state index contributed by atoms with van der Waals surface area (Å²) in [5, 5.41) is 6.41. The number of fused-ring (bicyclic) bond motifs is 1. The van der Waals surface area contributed by atoms with Gasteiger partial charge in [0.2, 0.25) is 11.9 Å². The minimum atomic E-state index is -0.294. The molecule has 214 valence electrons. The van der Waals surface area contributed by atoms with Gasteiger partial charge in [-0.25, -0.2) is 4.98 Å². The summed E-state index contributed by atoms with van der Waals surface area (Å²) in [7, 11) is 3.43. The fraction of sp³-hybridized carbons (Fsp3) is 0.600. The molecule has 1 unspecified atom stereocenters. The van der Waals surface area contributed by atoms with Gasteiger partial charge in [-0.15, -0.1) is 0 Å². The number of nitrogens with one attached hydrogen (secondary N) is 2. The number of ether oxygens (including phenoxy) is 1. The number of carbonyl (C=O) groups is 2. The maximum Gasteiger partial charge on any atom is 0.251 e. The molecule has 3 fully saturated rings. The third-order valence-electron chi connectivity index (χ3n) is 9.35. The number of aromatic nitrogens is 2. The largest absolute Gasteiger partial charge is 0.495 e. The molecule has 10 heteroatoms. The number of rotatable bonds is 8. The summed E-state index contributed by atoms with van der Waals surface area (Å²) < 4.78 is 5.65. The number of benzene rings is 1. The number of likely N-dealkylation sites (tertiary alicyclic amines) is 1. The fourth-order valence-corrected chi connectivity index (χ4v) is 6.76. The van der Waals surface area contributed by atoms with Gasteiger partial charge < -0.3 is 25.2 Å². The smallest absolute Gasteiger partial charge is 0.251 e. The zero-order chi connectivity index (χ0) is 27.9. The molecule has 1 aromatic heterocycles. The maximum atomic E-state index is 13.3. The lowest BCUT2D eigenvalue weighted by Gasteiger charge is -2.31. The van der Waals surface area contributed by atoms with Crippen molar-refractivity contribution in [2.75, 3.05) is 55.5 Å². The molecule has 3 heterocycles. The molecule has 2 aromatic rings. The molecule has 6 rings (SSSR count). The lowest BCUT2D eigenvalue weighted by molar-refractivity contribution is -0.122. The third-order valence-corrected chi connectivity index (χ3v) is 9.35. The molecule has 1 atom stereocenters. The van der Waals surface area contributed by atoms with Gasteiger partial charge in [0.25, 0.3) is 5.91 Å². The van der Waals surface area contributed by atoms with E-state index in [1.165, 1.54) is 19.3 Å². The standard InChI is InChI=1S/C30H41N7O3/c1-4-36-15-7-10-22(36)17-31-27(38)20-11-12-23(25(16-20)40-3)33-29-32-18-24-26(34-29)37(21-8-5-6-9-21)19-30(13-14-30)28(39)35(24)2/h11-12,16,18,21-22H,4-10,13-15,17,19H2,1-3H3,(H,31,38)(H,32,33,34). The SMILES string of the molecule is CCN1CCCC1CNC(=O)c1ccc(Nc2ncc3c(n2)N(C2CCCC2)CC2(CC2)C(=O)N3C)c(OC)c1. The number of hydrogen-bond donors (Lipinski definition) is 2. The van der Waals surface area contributed by atoms with Gasteiger partial charge in [-0.3, -0.25) is 14.5 Å². The molecule has 2 saturated carbocycles. The second kappa shape index (κ2) is 10.9. The molecule has 2 amide bonds. The van der Waals surface area contributed by atoms with Gasteiger partial charge in [0, 0.05) is 37.8 Å². The van der Waals surface area contributed by atoms with Crippen LogP contribution in [0.25, 0.3) is 0 Å². The molecule has 1 spiro atoms. The van der Waals surface area contributed by atoms with Crippen molar-refractivity contribution in [3.63, 3.8) is 0 Å². The fourth-order valence-electron chi connectivity index (χ4n) is 6.76. The van der Waals surface area contributed by atoms with Crippen LogP contribution in [-0.2, 0) is 4.79 Å². The van der Waals surface area contributed by atoms with E-state index < -0.39 is 0 Å². The molecule has 2 N–H and O–H groups in total. The Balaban J connectivity index is 1.22. The van der Waals surface area contributed by atoms with E-state index in [-0.39, 0.29) is 17.2 Å². The van der Waals surface area contributed by atoms with Crippen LogP contribution < -0.4 is 25.2 Å². The average Bonchev–Trinajstić information content (AvgIpc) is 3.35. The Bertz CT molecular complexity index is 1270. The minimum absolute atomic E-state index is 0.108. The van der Waals surface area contributed by atoms with Crippen molar-refractivity contribution in [1.82, 2.24) is 20.2 Å². The highest BCUT2D eigenvalue weighted by Gasteiger charge is 2.55. The molecule has 1 saturated heterocycles. The summed E-state index contributed by atoms with van der Waals surface area (Å²) >= 11 is 0. The summed E-state index contributed by atoms with van der Waals surface area (Å²) in [6.07, 6.45) is 10.6. The Hall–Kier alpha value is -3.40. The highest BCUT2D eigenvalue weighted by Crippen LogP contribution is 2.52. The van der Waals surface area contributed by atoms with Crippen LogP contribution in [0.4, 0.5) is 23.1 Å². The molecular formula is C30H41N7O3. The average molecular weight is 548 g/mol. The Morgan fingerprint density at radius 1 is 1.18 bits per heavy atom. The zero-order valence-corrected chi connectivity index (χ0v) is 23.9. The molecular weight excluding hydrogens is 506 g/mol. The predicted molar refractivity (Wildman–Crippen MR) is 156 cm³/mol. The Morgan fingerprint density at radius 3 is 2.70 bits per heavy atom. The van der Waals surface area contributed by atoms with Gasteiger partial charge in [-0.2, -0.15) is 4.98 Å². The Kier molecular flexibility index (Phi) is 7.29. The van der Waals surface area contributed by atoms with Crippen molar-refractivity contribution in [3.8, 4) is 5.75 Å². The van der Waals surface area contributed by atoms with Crippen LogP contribution in [0, 0.1) is 5.41 Å². The minimum Gasteiger partial charge on any atom is -0.495 e. The number of nitrogens with zero attached hydrogens (tertiary/aromatic N) is 5. The van der Waals surface area contributed by atoms with E-state index in [1.54, 1.807) is 30.3 Å². The number of carbonyl (C=O) groups excluding carboxylic acids is 2. The first kappa shape index (κ1) is 26.8. The molecule has 2 aliphatic carbocycles. The van der Waals surface area contributed by atoms with Crippen LogP contribution >= 0.6 is 0 Å². The number of methoxy groups -OCH3 is 1. The number of anilines is 4. The maximum absolute atomic E-state index is 13.3. The van der Waals surface area contributed by atoms with Crippen LogP contribution in [-0.4, -0.2) is 79.1 Å². The van der Waals surface area contributed by atoms with Crippen molar-refractivity contribution in [2.45, 2.75) is 70.4 Å². The Labute approximate surface area is 236 Å². The lowest BCUT2D eigenvalue weighted by atomic mass is 10.0. The van der Waals surface area contributed by atoms with E-state index in [1.807, 2.05) is 13.1 Å². The summed E-state index contributed by atoms with van der Waals surface area (Å²) in [4.78, 5) is 42.4. The van der Waals surface area contributed by atoms with E-state index in [9.17, 15) is 9.59 Å². The summed E-state index contributed by atoms with van der Waals surface area (Å²) in [6.45, 7) is 5.63. The highest BCUT2D eigenvalue weighted by molar-refractivity contribution is 6.03. The van der Waals surface area contributed by atoms with Crippen LogP contribution in [0.1, 0.15) is 68.6 Å². The third kappa shape index (κ3) is 4.98. The van der Waals surface area contributed by atoms with Gasteiger partial charge >= 0.3 is 0 Å². The van der Waals surface area contributed by atoms with E-state index in [0.717, 1.165) is 56.7 Å². The lowest BCUT2D eigenvalue weighted by Crippen LogP contribution is -2.41. The van der Waals surface area contributed by atoms with E-state index in [0.29, 0.717) is 48.1 Å². The predicted octanol–water partition coefficient (Wildman–Crippen LogP) is 3.95. The van der Waals surface area contributed by atoms with Crippen LogP contribution in [0.2, 0.25) is 0 Å². The quantitative estimate of drug-likeness (QED) is 0.512. The number of amides is 2. The van der Waals surface area contributed by atoms with Gasteiger partial charge in [-0.05, 0) is 69.8 Å².